The number of benzene rings is 2. The molecule has 1 fully saturated rings. The minimum Gasteiger partial charge on any atom is -0.497 e. The number of carbonyl (C=O) groups excluding carboxylic acids is 2. The molecule has 1 atom stereocenters. The van der Waals surface area contributed by atoms with Crippen molar-refractivity contribution in [1.29, 1.82) is 0 Å². The lowest BCUT2D eigenvalue weighted by atomic mass is 9.92. The Morgan fingerprint density at radius 2 is 1.69 bits per heavy atom. The molecule has 8 nitrogen and oxygen atoms in total. The number of likely N-dealkylation sites (tertiary alicyclic amines) is 1. The highest BCUT2D eigenvalue weighted by atomic mass is 16.5. The summed E-state index contributed by atoms with van der Waals surface area (Å²) in [4.78, 5) is 36.9. The fraction of sp³-hybridized carbons (Fsp3) is 0.333. The van der Waals surface area contributed by atoms with Crippen LogP contribution in [0, 0.1) is 0 Å². The maximum atomic E-state index is 13.4. The lowest BCUT2D eigenvalue weighted by Crippen LogP contribution is -2.57. The summed E-state index contributed by atoms with van der Waals surface area (Å²) in [7, 11) is 1.61. The molecule has 1 N–H and O–H groups in total. The predicted octanol–water partition coefficient (Wildman–Crippen LogP) is 4.19. The zero-order chi connectivity index (χ0) is 24.8. The molecule has 0 saturated carbocycles. The van der Waals surface area contributed by atoms with Crippen LogP contribution in [0.2, 0.25) is 0 Å². The number of nitrogens with one attached hydrogen (secondary N) is 1. The van der Waals surface area contributed by atoms with E-state index in [9.17, 15) is 9.59 Å². The molecule has 1 aromatic heterocycles. The largest absolute Gasteiger partial charge is 0.497 e. The Hall–Kier alpha value is -3.94. The molecular formula is C27H30N4O4. The molecule has 2 aromatic carbocycles. The Labute approximate surface area is 205 Å². The van der Waals surface area contributed by atoms with Crippen LogP contribution in [0.4, 0.5) is 0 Å². The lowest BCUT2D eigenvalue weighted by Gasteiger charge is -2.37. The molecule has 4 rings (SSSR count). The van der Waals surface area contributed by atoms with Gasteiger partial charge in [0.25, 0.3) is 5.91 Å². The number of rotatable bonds is 7. The Kier molecular flexibility index (Phi) is 7.29. The van der Waals surface area contributed by atoms with Gasteiger partial charge in [0.05, 0.1) is 7.11 Å². The zero-order valence-electron chi connectivity index (χ0n) is 20.2. The molecule has 1 saturated heterocycles. The summed E-state index contributed by atoms with van der Waals surface area (Å²) in [5.41, 5.74) is 0.177. The van der Waals surface area contributed by atoms with Crippen LogP contribution in [0.3, 0.4) is 0 Å². The van der Waals surface area contributed by atoms with E-state index in [0.717, 1.165) is 18.6 Å². The fourth-order valence-electron chi connectivity index (χ4n) is 4.23. The zero-order valence-corrected chi connectivity index (χ0v) is 20.2. The van der Waals surface area contributed by atoms with Crippen molar-refractivity contribution < 1.29 is 19.1 Å². The highest BCUT2D eigenvalue weighted by molar-refractivity contribution is 5.98. The number of methoxy groups -OCH3 is 1. The molecule has 1 aliphatic rings. The number of amides is 2. The van der Waals surface area contributed by atoms with E-state index in [-0.39, 0.29) is 17.7 Å². The maximum absolute atomic E-state index is 13.4. The number of aromatic nitrogens is 2. The maximum Gasteiger partial charge on any atom is 0.252 e. The highest BCUT2D eigenvalue weighted by Crippen LogP contribution is 2.33. The average Bonchev–Trinajstić information content (AvgIpc) is 2.89. The van der Waals surface area contributed by atoms with Crippen LogP contribution in [-0.4, -0.2) is 52.4 Å². The van der Waals surface area contributed by atoms with Crippen molar-refractivity contribution in [3.8, 4) is 17.4 Å². The van der Waals surface area contributed by atoms with Gasteiger partial charge in [-0.25, -0.2) is 4.98 Å². The summed E-state index contributed by atoms with van der Waals surface area (Å²) in [6.07, 6.45) is 4.91. The van der Waals surface area contributed by atoms with E-state index in [1.165, 1.54) is 0 Å². The molecule has 8 heteroatoms. The summed E-state index contributed by atoms with van der Waals surface area (Å²) < 4.78 is 11.2. The first kappa shape index (κ1) is 24.2. The first-order valence-electron chi connectivity index (χ1n) is 11.7. The van der Waals surface area contributed by atoms with Gasteiger partial charge < -0.3 is 19.7 Å². The number of ether oxygens (including phenoxy) is 2. The van der Waals surface area contributed by atoms with Crippen LogP contribution in [0.5, 0.6) is 17.4 Å². The summed E-state index contributed by atoms with van der Waals surface area (Å²) in [5.74, 6) is 1.35. The summed E-state index contributed by atoms with van der Waals surface area (Å²) in [6.45, 7) is 4.57. The summed E-state index contributed by atoms with van der Waals surface area (Å²) in [5, 5.41) is 2.88. The summed E-state index contributed by atoms with van der Waals surface area (Å²) in [6, 6.07) is 16.2. The van der Waals surface area contributed by atoms with Crippen LogP contribution < -0.4 is 14.8 Å². The smallest absolute Gasteiger partial charge is 0.252 e. The third-order valence-corrected chi connectivity index (χ3v) is 6.06. The lowest BCUT2D eigenvalue weighted by molar-refractivity contribution is -0.138. The molecule has 35 heavy (non-hydrogen) atoms. The molecule has 182 valence electrons. The van der Waals surface area contributed by atoms with Crippen LogP contribution in [-0.2, 0) is 4.79 Å². The number of piperidine rings is 1. The van der Waals surface area contributed by atoms with Gasteiger partial charge >= 0.3 is 0 Å². The molecule has 1 unspecified atom stereocenters. The number of carbonyl (C=O) groups is 2. The van der Waals surface area contributed by atoms with E-state index < -0.39 is 5.54 Å². The van der Waals surface area contributed by atoms with E-state index in [1.54, 1.807) is 62.5 Å². The fourth-order valence-corrected chi connectivity index (χ4v) is 4.23. The third-order valence-electron chi connectivity index (χ3n) is 6.06. The van der Waals surface area contributed by atoms with Gasteiger partial charge in [0.15, 0.2) is 0 Å². The third kappa shape index (κ3) is 5.77. The van der Waals surface area contributed by atoms with Crippen molar-refractivity contribution in [2.24, 2.45) is 0 Å². The Bertz CT molecular complexity index is 1170. The quantitative estimate of drug-likeness (QED) is 0.552. The van der Waals surface area contributed by atoms with Gasteiger partial charge in [0.1, 0.15) is 22.7 Å². The SMILES string of the molecule is COc1ccc(Oc2nccnc2C2CCCN(C(=O)C(C)(C)NC(=O)c3ccccc3)C2)cc1. The van der Waals surface area contributed by atoms with E-state index in [2.05, 4.69) is 15.3 Å². The molecule has 0 spiro atoms. The number of hydrogen-bond donors (Lipinski definition) is 1. The van der Waals surface area contributed by atoms with E-state index in [0.29, 0.717) is 36.0 Å². The van der Waals surface area contributed by atoms with Crippen LogP contribution in [0.25, 0.3) is 0 Å². The van der Waals surface area contributed by atoms with E-state index in [1.807, 2.05) is 30.3 Å². The number of nitrogens with zero attached hydrogens (tertiary/aromatic N) is 3. The highest BCUT2D eigenvalue weighted by Gasteiger charge is 2.37. The van der Waals surface area contributed by atoms with Gasteiger partial charge in [-0.2, -0.15) is 0 Å². The molecule has 1 aliphatic heterocycles. The molecule has 2 amide bonds. The monoisotopic (exact) mass is 474 g/mol. The molecular weight excluding hydrogens is 444 g/mol. The second-order valence-electron chi connectivity index (χ2n) is 9.06. The van der Waals surface area contributed by atoms with Gasteiger partial charge in [-0.3, -0.25) is 14.6 Å². The second kappa shape index (κ2) is 10.5. The van der Waals surface area contributed by atoms with Crippen molar-refractivity contribution >= 4 is 11.8 Å². The second-order valence-corrected chi connectivity index (χ2v) is 9.06. The average molecular weight is 475 g/mol. The van der Waals surface area contributed by atoms with Crippen LogP contribution in [0.1, 0.15) is 48.7 Å². The van der Waals surface area contributed by atoms with Gasteiger partial charge in [0, 0.05) is 37.0 Å². The summed E-state index contributed by atoms with van der Waals surface area (Å²) >= 11 is 0. The van der Waals surface area contributed by atoms with Gasteiger partial charge in [0.2, 0.25) is 11.8 Å². The molecule has 0 radical (unpaired) electrons. The predicted molar refractivity (Wildman–Crippen MR) is 132 cm³/mol. The van der Waals surface area contributed by atoms with Crippen LogP contribution >= 0.6 is 0 Å². The van der Waals surface area contributed by atoms with E-state index >= 15 is 0 Å². The van der Waals surface area contributed by atoms with E-state index in [4.69, 9.17) is 9.47 Å². The first-order chi connectivity index (χ1) is 16.9. The molecule has 2 heterocycles. The van der Waals surface area contributed by atoms with Crippen molar-refractivity contribution in [3.05, 3.63) is 78.2 Å². The minimum atomic E-state index is -1.06. The van der Waals surface area contributed by atoms with Crippen LogP contribution in [0.15, 0.2) is 67.0 Å². The van der Waals surface area contributed by atoms with Gasteiger partial charge in [-0.1, -0.05) is 18.2 Å². The van der Waals surface area contributed by atoms with Crippen molar-refractivity contribution in [2.45, 2.75) is 38.1 Å². The van der Waals surface area contributed by atoms with Gasteiger partial charge in [-0.05, 0) is 63.1 Å². The topological polar surface area (TPSA) is 93.7 Å². The molecule has 0 bridgehead atoms. The Morgan fingerprint density at radius 3 is 2.40 bits per heavy atom. The van der Waals surface area contributed by atoms with Crippen molar-refractivity contribution in [3.63, 3.8) is 0 Å². The van der Waals surface area contributed by atoms with Crippen molar-refractivity contribution in [2.75, 3.05) is 20.2 Å². The Balaban J connectivity index is 1.47. The molecule has 0 aliphatic carbocycles. The molecule has 3 aromatic rings. The normalized spacial score (nSPS) is 15.9. The Morgan fingerprint density at radius 1 is 1.00 bits per heavy atom. The minimum absolute atomic E-state index is 0.0322. The van der Waals surface area contributed by atoms with Crippen molar-refractivity contribution in [1.82, 2.24) is 20.2 Å². The first-order valence-corrected chi connectivity index (χ1v) is 11.7. The standard InChI is InChI=1S/C27H30N4O4/c1-27(2,30-24(32)19-8-5-4-6-9-19)26(33)31-17-7-10-20(18-31)23-25(29-16-15-28-23)35-22-13-11-21(34-3)12-14-22/h4-6,8-9,11-16,20H,7,10,17-18H2,1-3H3,(H,30,32). The van der Waals surface area contributed by atoms with Gasteiger partial charge in [-0.15, -0.1) is 0 Å². The number of hydrogen-bond acceptors (Lipinski definition) is 6.